The van der Waals surface area contributed by atoms with Gasteiger partial charge in [0.25, 0.3) is 0 Å². The smallest absolute Gasteiger partial charge is 0.209 e. The second-order valence-corrected chi connectivity index (χ2v) is 11.4. The molecule has 0 aromatic heterocycles. The first-order valence-electron chi connectivity index (χ1n) is 14.2. The van der Waals surface area contributed by atoms with Gasteiger partial charge in [-0.1, -0.05) is 70.2 Å². The van der Waals surface area contributed by atoms with Crippen molar-refractivity contribution in [2.45, 2.75) is 65.2 Å². The summed E-state index contributed by atoms with van der Waals surface area (Å²) >= 11 is 0. The van der Waals surface area contributed by atoms with E-state index in [0.29, 0.717) is 6.54 Å². The van der Waals surface area contributed by atoms with Crippen molar-refractivity contribution in [3.8, 4) is 0 Å². The van der Waals surface area contributed by atoms with Crippen LogP contribution >= 0.6 is 0 Å². The van der Waals surface area contributed by atoms with E-state index in [1.807, 2.05) is 0 Å². The van der Waals surface area contributed by atoms with Gasteiger partial charge in [0, 0.05) is 54.0 Å². The van der Waals surface area contributed by atoms with Gasteiger partial charge in [0.05, 0.1) is 5.41 Å². The van der Waals surface area contributed by atoms with E-state index in [-0.39, 0.29) is 10.8 Å². The molecule has 2 aromatic rings. The summed E-state index contributed by atoms with van der Waals surface area (Å²) in [5.41, 5.74) is 14.1. The third-order valence-electron chi connectivity index (χ3n) is 8.44. The molecule has 0 bridgehead atoms. The van der Waals surface area contributed by atoms with Gasteiger partial charge in [0.1, 0.15) is 0 Å². The van der Waals surface area contributed by atoms with E-state index in [1.54, 1.807) is 0 Å². The largest absolute Gasteiger partial charge is 0.344 e. The summed E-state index contributed by atoms with van der Waals surface area (Å²) in [5, 5.41) is 0. The van der Waals surface area contributed by atoms with Crippen LogP contribution in [0.3, 0.4) is 0 Å². The van der Waals surface area contributed by atoms with E-state index >= 15 is 0 Å². The minimum atomic E-state index is -0.0438. The van der Waals surface area contributed by atoms with Crippen molar-refractivity contribution in [3.05, 3.63) is 83.6 Å². The molecule has 0 fully saturated rings. The van der Waals surface area contributed by atoms with Crippen molar-refractivity contribution in [3.63, 3.8) is 0 Å². The van der Waals surface area contributed by atoms with Crippen LogP contribution < -0.4 is 10.6 Å². The van der Waals surface area contributed by atoms with Crippen molar-refractivity contribution < 1.29 is 4.58 Å². The highest BCUT2D eigenvalue weighted by atomic mass is 15.2. The minimum Gasteiger partial charge on any atom is -0.344 e. The SMILES string of the molecule is CCN(CC)CCC[N+]1=C(/C=C/C=C2/N(CCCN)c3ccccc3C2(C)C)C(C)(C)c2ccccc21. The van der Waals surface area contributed by atoms with E-state index in [0.717, 1.165) is 45.6 Å². The predicted molar refractivity (Wildman–Crippen MR) is 159 cm³/mol. The second-order valence-electron chi connectivity index (χ2n) is 11.4. The van der Waals surface area contributed by atoms with Crippen LogP contribution in [0.1, 0.15) is 65.5 Å². The Morgan fingerprint density at radius 1 is 0.892 bits per heavy atom. The third-order valence-corrected chi connectivity index (χ3v) is 8.44. The lowest BCUT2D eigenvalue weighted by molar-refractivity contribution is -0.438. The van der Waals surface area contributed by atoms with Crippen LogP contribution in [0.25, 0.3) is 0 Å². The van der Waals surface area contributed by atoms with Gasteiger partial charge in [0.2, 0.25) is 5.69 Å². The number of benzene rings is 2. The lowest BCUT2D eigenvalue weighted by Gasteiger charge is -2.27. The highest BCUT2D eigenvalue weighted by Gasteiger charge is 2.44. The van der Waals surface area contributed by atoms with Crippen molar-refractivity contribution in [1.82, 2.24) is 4.90 Å². The van der Waals surface area contributed by atoms with Gasteiger partial charge in [-0.25, -0.2) is 0 Å². The molecule has 2 aliphatic heterocycles. The molecule has 0 atom stereocenters. The Hall–Kier alpha value is -2.69. The van der Waals surface area contributed by atoms with Crippen molar-refractivity contribution in [2.24, 2.45) is 5.73 Å². The molecule has 0 amide bonds. The molecular weight excluding hydrogens is 452 g/mol. The van der Waals surface area contributed by atoms with Crippen molar-refractivity contribution in [2.75, 3.05) is 44.2 Å². The van der Waals surface area contributed by atoms with Crippen LogP contribution in [0.4, 0.5) is 11.4 Å². The Labute approximate surface area is 225 Å². The normalized spacial score (nSPS) is 18.9. The molecule has 2 aromatic carbocycles. The summed E-state index contributed by atoms with van der Waals surface area (Å²) in [7, 11) is 0. The Balaban J connectivity index is 1.69. The van der Waals surface area contributed by atoms with Gasteiger partial charge >= 0.3 is 0 Å². The second kappa shape index (κ2) is 11.4. The summed E-state index contributed by atoms with van der Waals surface area (Å²) in [6.07, 6.45) is 9.13. The van der Waals surface area contributed by atoms with Crippen LogP contribution in [0, 0.1) is 0 Å². The third kappa shape index (κ3) is 5.19. The highest BCUT2D eigenvalue weighted by Crippen LogP contribution is 2.47. The summed E-state index contributed by atoms with van der Waals surface area (Å²) in [5.74, 6) is 0. The van der Waals surface area contributed by atoms with Gasteiger partial charge in [-0.2, -0.15) is 4.58 Å². The molecule has 37 heavy (non-hydrogen) atoms. The average Bonchev–Trinajstić information content (AvgIpc) is 3.24. The lowest BCUT2D eigenvalue weighted by Crippen LogP contribution is -2.30. The average molecular weight is 500 g/mol. The topological polar surface area (TPSA) is 35.5 Å². The molecule has 0 spiro atoms. The Morgan fingerprint density at radius 2 is 1.57 bits per heavy atom. The van der Waals surface area contributed by atoms with Gasteiger partial charge < -0.3 is 15.5 Å². The van der Waals surface area contributed by atoms with Gasteiger partial charge in [-0.3, -0.25) is 0 Å². The number of hydrogen-bond acceptors (Lipinski definition) is 3. The van der Waals surface area contributed by atoms with E-state index in [9.17, 15) is 0 Å². The number of para-hydroxylation sites is 2. The summed E-state index contributed by atoms with van der Waals surface area (Å²) in [6, 6.07) is 17.8. The zero-order valence-corrected chi connectivity index (χ0v) is 23.9. The summed E-state index contributed by atoms with van der Waals surface area (Å²) < 4.78 is 2.56. The predicted octanol–water partition coefficient (Wildman–Crippen LogP) is 6.38. The maximum atomic E-state index is 5.91. The number of nitrogens with zero attached hydrogens (tertiary/aromatic N) is 3. The fourth-order valence-electron chi connectivity index (χ4n) is 6.24. The maximum absolute atomic E-state index is 5.91. The molecule has 198 valence electrons. The molecule has 4 heteroatoms. The maximum Gasteiger partial charge on any atom is 0.209 e. The number of allylic oxidation sites excluding steroid dienone is 4. The first kappa shape index (κ1) is 27.3. The molecule has 0 radical (unpaired) electrons. The fourth-order valence-corrected chi connectivity index (χ4v) is 6.24. The van der Waals surface area contributed by atoms with E-state index in [4.69, 9.17) is 5.73 Å². The first-order valence-corrected chi connectivity index (χ1v) is 14.2. The molecule has 0 saturated carbocycles. The van der Waals surface area contributed by atoms with Crippen LogP contribution in [0.2, 0.25) is 0 Å². The zero-order valence-electron chi connectivity index (χ0n) is 23.9. The van der Waals surface area contributed by atoms with Crippen molar-refractivity contribution in [1.29, 1.82) is 0 Å². The monoisotopic (exact) mass is 499 g/mol. The molecule has 2 N–H and O–H groups in total. The number of rotatable bonds is 11. The number of nitrogens with two attached hydrogens (primary N) is 1. The molecule has 0 unspecified atom stereocenters. The summed E-state index contributed by atoms with van der Waals surface area (Å²) in [4.78, 5) is 5.00. The molecule has 4 nitrogen and oxygen atoms in total. The molecule has 2 aliphatic rings. The number of anilines is 1. The van der Waals surface area contributed by atoms with Crippen molar-refractivity contribution >= 4 is 17.1 Å². The molecule has 0 aliphatic carbocycles. The first-order chi connectivity index (χ1) is 17.8. The highest BCUT2D eigenvalue weighted by molar-refractivity contribution is 6.03. The van der Waals surface area contributed by atoms with Crippen LogP contribution in [-0.2, 0) is 10.8 Å². The summed E-state index contributed by atoms with van der Waals surface area (Å²) in [6.45, 7) is 20.0. The molecule has 4 rings (SSSR count). The Kier molecular flexibility index (Phi) is 8.40. The number of fused-ring (bicyclic) bond motifs is 2. The van der Waals surface area contributed by atoms with Crippen LogP contribution in [0.5, 0.6) is 0 Å². The zero-order chi connectivity index (χ0) is 26.6. The Bertz CT molecular complexity index is 1180. The minimum absolute atomic E-state index is 0.0335. The quantitative estimate of drug-likeness (QED) is 0.364. The van der Waals surface area contributed by atoms with E-state index < -0.39 is 0 Å². The van der Waals surface area contributed by atoms with Crippen LogP contribution in [-0.4, -0.2) is 54.5 Å². The van der Waals surface area contributed by atoms with Gasteiger partial charge in [0.15, 0.2) is 12.3 Å². The van der Waals surface area contributed by atoms with Gasteiger partial charge in [-0.05, 0) is 57.6 Å². The van der Waals surface area contributed by atoms with E-state index in [2.05, 4.69) is 123 Å². The van der Waals surface area contributed by atoms with E-state index in [1.165, 1.54) is 33.9 Å². The lowest BCUT2D eigenvalue weighted by atomic mass is 9.81. The standard InChI is InChI=1S/C33H47N4/c1-7-35(8-2)23-15-25-37-29-19-12-10-17-27(29)33(5,6)31(37)21-13-20-30-32(3,4)26-16-9-11-18-28(26)36(30)24-14-22-34/h9-13,16-21H,7-8,14-15,22-25,34H2,1-6H3/q+1. The molecule has 2 heterocycles. The van der Waals surface area contributed by atoms with Gasteiger partial charge in [-0.15, -0.1) is 0 Å². The van der Waals surface area contributed by atoms with Crippen LogP contribution in [0.15, 0.2) is 72.5 Å². The Morgan fingerprint density at radius 3 is 2.27 bits per heavy atom. The molecular formula is C33H47N4+. The number of hydrogen-bond donors (Lipinski definition) is 1. The molecule has 0 saturated heterocycles. The fraction of sp³-hybridized carbons (Fsp3) is 0.485.